The summed E-state index contributed by atoms with van der Waals surface area (Å²) >= 11 is 0. The molecule has 20 heavy (non-hydrogen) atoms. The van der Waals surface area contributed by atoms with Crippen molar-refractivity contribution in [1.29, 1.82) is 0 Å². The predicted octanol–water partition coefficient (Wildman–Crippen LogP) is 2.77. The van der Waals surface area contributed by atoms with Gasteiger partial charge in [0.15, 0.2) is 0 Å². The number of likely N-dealkylation sites (N-methyl/N-ethyl adjacent to an activating group) is 1. The average molecular weight is 283 g/mol. The van der Waals surface area contributed by atoms with Crippen molar-refractivity contribution in [3.63, 3.8) is 0 Å². The monoisotopic (exact) mass is 283 g/mol. The molecule has 1 N–H and O–H groups in total. The molecule has 0 aromatic carbocycles. The van der Waals surface area contributed by atoms with Crippen LogP contribution in [0.1, 0.15) is 51.9 Å². The van der Waals surface area contributed by atoms with E-state index in [1.807, 2.05) is 0 Å². The zero-order valence-corrected chi connectivity index (χ0v) is 12.9. The van der Waals surface area contributed by atoms with Crippen LogP contribution in [-0.4, -0.2) is 48.3 Å². The van der Waals surface area contributed by atoms with Crippen LogP contribution in [0.3, 0.4) is 0 Å². The van der Waals surface area contributed by atoms with Crippen LogP contribution in [0.25, 0.3) is 0 Å². The molecule has 4 nitrogen and oxygen atoms in total. The summed E-state index contributed by atoms with van der Waals surface area (Å²) in [6, 6.07) is 0.182. The predicted molar refractivity (Wildman–Crippen MR) is 78.8 cm³/mol. The molecule has 0 bridgehead atoms. The summed E-state index contributed by atoms with van der Waals surface area (Å²) in [5.74, 6) is -0.119. The van der Waals surface area contributed by atoms with Crippen molar-refractivity contribution in [2.24, 2.45) is 11.8 Å². The van der Waals surface area contributed by atoms with Gasteiger partial charge in [0.2, 0.25) is 0 Å². The maximum absolute atomic E-state index is 11.5. The van der Waals surface area contributed by atoms with Gasteiger partial charge >= 0.3 is 5.97 Å². The number of nitrogens with zero attached hydrogens (tertiary/aromatic N) is 1. The van der Waals surface area contributed by atoms with E-state index < -0.39 is 5.97 Å². The molecule has 0 amide bonds. The first kappa shape index (κ1) is 15.8. The lowest BCUT2D eigenvalue weighted by molar-refractivity contribution is -0.146. The molecule has 0 aromatic heterocycles. The number of aliphatic carboxylic acids is 1. The van der Waals surface area contributed by atoms with Gasteiger partial charge in [-0.1, -0.05) is 19.8 Å². The van der Waals surface area contributed by atoms with Crippen molar-refractivity contribution in [1.82, 2.24) is 4.90 Å². The van der Waals surface area contributed by atoms with E-state index in [1.165, 1.54) is 12.8 Å². The standard InChI is InChI=1S/C16H29NO3/c1-3-5-12-7-8-14(16(18)19)15(10-12)17(2)11-13-6-4-9-20-13/h12-15H,3-11H2,1-2H3,(H,18,19). The highest BCUT2D eigenvalue weighted by molar-refractivity contribution is 5.71. The third kappa shape index (κ3) is 3.95. The molecule has 2 rings (SSSR count). The molecule has 2 aliphatic rings. The summed E-state index contributed by atoms with van der Waals surface area (Å²) in [5.41, 5.74) is 0. The molecule has 0 aromatic rings. The lowest BCUT2D eigenvalue weighted by Gasteiger charge is -2.40. The second-order valence-corrected chi connectivity index (χ2v) is 6.55. The lowest BCUT2D eigenvalue weighted by atomic mass is 9.76. The fourth-order valence-electron chi connectivity index (χ4n) is 3.92. The Balaban J connectivity index is 1.95. The number of carboxylic acid groups (broad SMARTS) is 1. The molecule has 1 saturated heterocycles. The van der Waals surface area contributed by atoms with Crippen LogP contribution in [0, 0.1) is 11.8 Å². The zero-order chi connectivity index (χ0) is 14.5. The summed E-state index contributed by atoms with van der Waals surface area (Å²) in [6.45, 7) is 3.96. The van der Waals surface area contributed by atoms with Gasteiger partial charge < -0.3 is 9.84 Å². The molecular formula is C16H29NO3. The number of carbonyl (C=O) groups is 1. The SMILES string of the molecule is CCCC1CCC(C(=O)O)C(N(C)CC2CCCO2)C1. The van der Waals surface area contributed by atoms with Crippen LogP contribution < -0.4 is 0 Å². The van der Waals surface area contributed by atoms with Gasteiger partial charge in [-0.05, 0) is 45.1 Å². The summed E-state index contributed by atoms with van der Waals surface area (Å²) < 4.78 is 5.70. The molecule has 0 radical (unpaired) electrons. The van der Waals surface area contributed by atoms with E-state index in [1.54, 1.807) is 0 Å². The van der Waals surface area contributed by atoms with Gasteiger partial charge in [-0.2, -0.15) is 0 Å². The Morgan fingerprint density at radius 1 is 1.35 bits per heavy atom. The van der Waals surface area contributed by atoms with E-state index in [4.69, 9.17) is 4.74 Å². The van der Waals surface area contributed by atoms with Crippen molar-refractivity contribution in [2.75, 3.05) is 20.2 Å². The highest BCUT2D eigenvalue weighted by Crippen LogP contribution is 2.35. The zero-order valence-electron chi connectivity index (χ0n) is 12.9. The van der Waals surface area contributed by atoms with Crippen molar-refractivity contribution >= 4 is 5.97 Å². The van der Waals surface area contributed by atoms with Gasteiger partial charge in [-0.15, -0.1) is 0 Å². The van der Waals surface area contributed by atoms with Gasteiger partial charge in [0, 0.05) is 19.2 Å². The van der Waals surface area contributed by atoms with Crippen molar-refractivity contribution < 1.29 is 14.6 Å². The van der Waals surface area contributed by atoms with Gasteiger partial charge in [-0.3, -0.25) is 9.69 Å². The summed E-state index contributed by atoms with van der Waals surface area (Å²) in [7, 11) is 2.08. The first-order valence-electron chi connectivity index (χ1n) is 8.16. The Labute approximate surface area is 122 Å². The normalized spacial score (nSPS) is 34.5. The van der Waals surface area contributed by atoms with Crippen molar-refractivity contribution in [2.45, 2.75) is 64.0 Å². The van der Waals surface area contributed by atoms with Gasteiger partial charge in [0.05, 0.1) is 12.0 Å². The first-order valence-corrected chi connectivity index (χ1v) is 8.16. The van der Waals surface area contributed by atoms with Gasteiger partial charge in [0.1, 0.15) is 0 Å². The van der Waals surface area contributed by atoms with Crippen LogP contribution in [0.2, 0.25) is 0 Å². The minimum atomic E-state index is -0.621. The second kappa shape index (κ2) is 7.41. The van der Waals surface area contributed by atoms with Crippen LogP contribution in [0.5, 0.6) is 0 Å². The van der Waals surface area contributed by atoms with E-state index in [-0.39, 0.29) is 12.0 Å². The average Bonchev–Trinajstić information content (AvgIpc) is 2.91. The minimum absolute atomic E-state index is 0.182. The smallest absolute Gasteiger partial charge is 0.308 e. The lowest BCUT2D eigenvalue weighted by Crippen LogP contribution is -2.47. The van der Waals surface area contributed by atoms with Gasteiger partial charge in [-0.25, -0.2) is 0 Å². The molecule has 1 aliphatic carbocycles. The van der Waals surface area contributed by atoms with E-state index in [9.17, 15) is 9.90 Å². The molecule has 4 atom stereocenters. The van der Waals surface area contributed by atoms with E-state index in [0.29, 0.717) is 12.0 Å². The molecule has 4 heteroatoms. The molecular weight excluding hydrogens is 254 g/mol. The summed E-state index contributed by atoms with van der Waals surface area (Å²) in [5, 5.41) is 9.48. The van der Waals surface area contributed by atoms with Crippen molar-refractivity contribution in [3.8, 4) is 0 Å². The Morgan fingerprint density at radius 3 is 2.75 bits per heavy atom. The molecule has 1 aliphatic heterocycles. The maximum Gasteiger partial charge on any atom is 0.308 e. The summed E-state index contributed by atoms with van der Waals surface area (Å²) in [6.07, 6.45) is 7.95. The van der Waals surface area contributed by atoms with Crippen LogP contribution in [0.4, 0.5) is 0 Å². The fraction of sp³-hybridized carbons (Fsp3) is 0.938. The van der Waals surface area contributed by atoms with Gasteiger partial charge in [0.25, 0.3) is 0 Å². The van der Waals surface area contributed by atoms with E-state index in [2.05, 4.69) is 18.9 Å². The van der Waals surface area contributed by atoms with E-state index >= 15 is 0 Å². The minimum Gasteiger partial charge on any atom is -0.481 e. The molecule has 2 fully saturated rings. The molecule has 1 heterocycles. The molecule has 4 unspecified atom stereocenters. The van der Waals surface area contributed by atoms with E-state index in [0.717, 1.165) is 45.3 Å². The third-order valence-electron chi connectivity index (χ3n) is 5.02. The Bertz CT molecular complexity index is 315. The maximum atomic E-state index is 11.5. The highest BCUT2D eigenvalue weighted by atomic mass is 16.5. The molecule has 1 saturated carbocycles. The van der Waals surface area contributed by atoms with Crippen LogP contribution in [0.15, 0.2) is 0 Å². The van der Waals surface area contributed by atoms with Crippen LogP contribution >= 0.6 is 0 Å². The topological polar surface area (TPSA) is 49.8 Å². The first-order chi connectivity index (χ1) is 9.61. The van der Waals surface area contributed by atoms with Crippen LogP contribution in [-0.2, 0) is 9.53 Å². The number of ether oxygens (including phenoxy) is 1. The Kier molecular flexibility index (Phi) is 5.85. The number of rotatable bonds is 6. The molecule has 116 valence electrons. The Hall–Kier alpha value is -0.610. The number of hydrogen-bond donors (Lipinski definition) is 1. The molecule has 0 spiro atoms. The second-order valence-electron chi connectivity index (χ2n) is 6.55. The Morgan fingerprint density at radius 2 is 2.15 bits per heavy atom. The highest BCUT2D eigenvalue weighted by Gasteiger charge is 2.37. The third-order valence-corrected chi connectivity index (χ3v) is 5.02. The largest absolute Gasteiger partial charge is 0.481 e. The number of hydrogen-bond acceptors (Lipinski definition) is 3. The number of carboxylic acids is 1. The fourth-order valence-corrected chi connectivity index (χ4v) is 3.92. The quantitative estimate of drug-likeness (QED) is 0.814. The summed E-state index contributed by atoms with van der Waals surface area (Å²) in [4.78, 5) is 13.8. The van der Waals surface area contributed by atoms with Crippen molar-refractivity contribution in [3.05, 3.63) is 0 Å².